The molecule has 0 saturated carbocycles. The second-order valence-electron chi connectivity index (χ2n) is 5.31. The van der Waals surface area contributed by atoms with Crippen molar-refractivity contribution in [3.63, 3.8) is 0 Å². The standard InChI is InChI=1S/C17H17NO7/c1-9-13(16(19)23-3)15(14(10(2)25-9)17(20)24-4)11-5-7-12(8-6-11)18(21)22/h5-8,15H,1-4H3. The molecule has 132 valence electrons. The molecule has 1 aromatic rings. The van der Waals surface area contributed by atoms with Gasteiger partial charge in [0.05, 0.1) is 36.2 Å². The molecule has 0 atom stereocenters. The van der Waals surface area contributed by atoms with Gasteiger partial charge in [-0.2, -0.15) is 0 Å². The molecular weight excluding hydrogens is 330 g/mol. The summed E-state index contributed by atoms with van der Waals surface area (Å²) in [5.41, 5.74) is 0.689. The second kappa shape index (κ2) is 7.16. The van der Waals surface area contributed by atoms with E-state index in [1.165, 1.54) is 38.5 Å². The number of rotatable bonds is 4. The molecule has 8 heteroatoms. The van der Waals surface area contributed by atoms with Gasteiger partial charge in [0.25, 0.3) is 5.69 Å². The van der Waals surface area contributed by atoms with Gasteiger partial charge in [-0.25, -0.2) is 9.59 Å². The third-order valence-electron chi connectivity index (χ3n) is 3.89. The third-order valence-corrected chi connectivity index (χ3v) is 3.89. The number of nitro benzene ring substituents is 1. The second-order valence-corrected chi connectivity index (χ2v) is 5.31. The summed E-state index contributed by atoms with van der Waals surface area (Å²) in [6.45, 7) is 3.17. The first-order valence-electron chi connectivity index (χ1n) is 7.32. The smallest absolute Gasteiger partial charge is 0.338 e. The van der Waals surface area contributed by atoms with Crippen molar-refractivity contribution in [2.24, 2.45) is 0 Å². The van der Waals surface area contributed by atoms with Crippen LogP contribution in [0.5, 0.6) is 0 Å². The molecule has 0 N–H and O–H groups in total. The summed E-state index contributed by atoms with van der Waals surface area (Å²) in [4.78, 5) is 34.8. The third kappa shape index (κ3) is 3.37. The lowest BCUT2D eigenvalue weighted by Gasteiger charge is -2.28. The first kappa shape index (κ1) is 18.2. The topological polar surface area (TPSA) is 105 Å². The zero-order chi connectivity index (χ0) is 18.7. The fourth-order valence-corrected chi connectivity index (χ4v) is 2.76. The molecule has 1 heterocycles. The van der Waals surface area contributed by atoms with Crippen molar-refractivity contribution < 1.29 is 28.7 Å². The van der Waals surface area contributed by atoms with Crippen LogP contribution in [0.1, 0.15) is 25.3 Å². The Morgan fingerprint density at radius 2 is 1.44 bits per heavy atom. The zero-order valence-electron chi connectivity index (χ0n) is 14.2. The number of nitro groups is 1. The van der Waals surface area contributed by atoms with E-state index >= 15 is 0 Å². The summed E-state index contributed by atoms with van der Waals surface area (Å²) in [5, 5.41) is 10.8. The maximum atomic E-state index is 12.3. The number of allylic oxidation sites excluding steroid dienone is 2. The Hall–Kier alpha value is -3.16. The minimum Gasteiger partial charge on any atom is -0.466 e. The number of benzene rings is 1. The van der Waals surface area contributed by atoms with Crippen LogP contribution in [-0.4, -0.2) is 31.1 Å². The predicted octanol–water partition coefficient (Wildman–Crippen LogP) is 2.60. The number of carbonyl (C=O) groups excluding carboxylic acids is 2. The van der Waals surface area contributed by atoms with Gasteiger partial charge in [0, 0.05) is 12.1 Å². The number of hydrogen-bond acceptors (Lipinski definition) is 7. The molecular formula is C17H17NO7. The SMILES string of the molecule is COC(=O)C1=C(C)OC(C)=C(C(=O)OC)C1c1ccc([N+](=O)[O-])cc1. The average Bonchev–Trinajstić information content (AvgIpc) is 2.60. The molecule has 1 aromatic carbocycles. The lowest BCUT2D eigenvalue weighted by molar-refractivity contribution is -0.384. The van der Waals surface area contributed by atoms with Gasteiger partial charge >= 0.3 is 11.9 Å². The van der Waals surface area contributed by atoms with Crippen LogP contribution in [0.3, 0.4) is 0 Å². The highest BCUT2D eigenvalue weighted by Crippen LogP contribution is 2.41. The van der Waals surface area contributed by atoms with E-state index in [2.05, 4.69) is 0 Å². The molecule has 0 bridgehead atoms. The van der Waals surface area contributed by atoms with E-state index in [1.54, 1.807) is 13.8 Å². The Morgan fingerprint density at radius 1 is 1.00 bits per heavy atom. The normalized spacial score (nSPS) is 14.9. The minimum atomic E-state index is -0.811. The molecule has 0 aromatic heterocycles. The minimum absolute atomic E-state index is 0.101. The fourth-order valence-electron chi connectivity index (χ4n) is 2.76. The van der Waals surface area contributed by atoms with Crippen LogP contribution in [0.25, 0.3) is 0 Å². The number of ether oxygens (including phenoxy) is 3. The van der Waals surface area contributed by atoms with E-state index in [1.807, 2.05) is 0 Å². The van der Waals surface area contributed by atoms with Gasteiger partial charge in [-0.15, -0.1) is 0 Å². The highest BCUT2D eigenvalue weighted by molar-refractivity contribution is 5.99. The Balaban J connectivity index is 2.65. The average molecular weight is 347 g/mol. The van der Waals surface area contributed by atoms with Gasteiger partial charge in [0.2, 0.25) is 0 Å². The number of nitrogens with zero attached hydrogens (tertiary/aromatic N) is 1. The summed E-state index contributed by atoms with van der Waals surface area (Å²) < 4.78 is 15.1. The van der Waals surface area contributed by atoms with Gasteiger partial charge in [-0.1, -0.05) is 12.1 Å². The van der Waals surface area contributed by atoms with Gasteiger partial charge in [-0.05, 0) is 19.4 Å². The number of carbonyl (C=O) groups is 2. The monoisotopic (exact) mass is 347 g/mol. The highest BCUT2D eigenvalue weighted by atomic mass is 16.6. The Bertz CT molecular complexity index is 752. The Kier molecular flexibility index (Phi) is 5.21. The number of non-ortho nitro benzene ring substituents is 1. The quantitative estimate of drug-likeness (QED) is 0.468. The van der Waals surface area contributed by atoms with Crippen LogP contribution < -0.4 is 0 Å². The van der Waals surface area contributed by atoms with E-state index < -0.39 is 22.8 Å². The molecule has 0 fully saturated rings. The van der Waals surface area contributed by atoms with Gasteiger partial charge in [0.1, 0.15) is 11.5 Å². The zero-order valence-corrected chi connectivity index (χ0v) is 14.2. The maximum Gasteiger partial charge on any atom is 0.338 e. The molecule has 2 rings (SSSR count). The summed E-state index contributed by atoms with van der Waals surface area (Å²) in [7, 11) is 2.44. The van der Waals surface area contributed by atoms with Crippen LogP contribution in [0.15, 0.2) is 46.9 Å². The Labute approximate surface area is 143 Å². The van der Waals surface area contributed by atoms with Crippen molar-refractivity contribution in [3.8, 4) is 0 Å². The number of esters is 2. The molecule has 0 saturated heterocycles. The molecule has 0 spiro atoms. The molecule has 8 nitrogen and oxygen atoms in total. The van der Waals surface area contributed by atoms with Crippen LogP contribution in [0.4, 0.5) is 5.69 Å². The van der Waals surface area contributed by atoms with Crippen molar-refractivity contribution in [1.29, 1.82) is 0 Å². The first-order chi connectivity index (χ1) is 11.8. The van der Waals surface area contributed by atoms with E-state index in [-0.39, 0.29) is 16.8 Å². The van der Waals surface area contributed by atoms with Gasteiger partial charge < -0.3 is 14.2 Å². The largest absolute Gasteiger partial charge is 0.466 e. The van der Waals surface area contributed by atoms with Crippen molar-refractivity contribution in [1.82, 2.24) is 0 Å². The molecule has 1 aliphatic heterocycles. The maximum absolute atomic E-state index is 12.3. The first-order valence-corrected chi connectivity index (χ1v) is 7.32. The number of hydrogen-bond donors (Lipinski definition) is 0. The highest BCUT2D eigenvalue weighted by Gasteiger charge is 2.39. The van der Waals surface area contributed by atoms with Crippen LogP contribution in [-0.2, 0) is 23.8 Å². The van der Waals surface area contributed by atoms with Crippen LogP contribution in [0, 0.1) is 10.1 Å². The van der Waals surface area contributed by atoms with Crippen molar-refractivity contribution >= 4 is 17.6 Å². The van der Waals surface area contributed by atoms with Gasteiger partial charge in [0.15, 0.2) is 0 Å². The van der Waals surface area contributed by atoms with Crippen LogP contribution in [0.2, 0.25) is 0 Å². The Morgan fingerprint density at radius 3 is 1.80 bits per heavy atom. The van der Waals surface area contributed by atoms with Gasteiger partial charge in [-0.3, -0.25) is 10.1 Å². The lowest BCUT2D eigenvalue weighted by atomic mass is 9.81. The fraction of sp³-hybridized carbons (Fsp3) is 0.294. The number of methoxy groups -OCH3 is 2. The summed E-state index contributed by atoms with van der Waals surface area (Å²) in [6, 6.07) is 5.58. The molecule has 1 aliphatic rings. The summed E-state index contributed by atoms with van der Waals surface area (Å²) in [6.07, 6.45) is 0. The molecule has 0 amide bonds. The molecule has 25 heavy (non-hydrogen) atoms. The van der Waals surface area contributed by atoms with E-state index in [4.69, 9.17) is 14.2 Å². The summed E-state index contributed by atoms with van der Waals surface area (Å²) >= 11 is 0. The molecule has 0 aliphatic carbocycles. The van der Waals surface area contributed by atoms with E-state index in [0.29, 0.717) is 17.1 Å². The van der Waals surface area contributed by atoms with E-state index in [9.17, 15) is 19.7 Å². The van der Waals surface area contributed by atoms with Crippen molar-refractivity contribution in [3.05, 3.63) is 62.6 Å². The van der Waals surface area contributed by atoms with Crippen LogP contribution >= 0.6 is 0 Å². The molecule has 0 unspecified atom stereocenters. The van der Waals surface area contributed by atoms with Crippen molar-refractivity contribution in [2.45, 2.75) is 19.8 Å². The summed E-state index contributed by atoms with van der Waals surface area (Å²) in [5.74, 6) is -1.54. The predicted molar refractivity (Wildman–Crippen MR) is 86.4 cm³/mol. The lowest BCUT2D eigenvalue weighted by Crippen LogP contribution is -2.26. The molecule has 0 radical (unpaired) electrons. The van der Waals surface area contributed by atoms with E-state index in [0.717, 1.165) is 0 Å². The van der Waals surface area contributed by atoms with Crippen molar-refractivity contribution in [2.75, 3.05) is 14.2 Å².